The Kier molecular flexibility index (Phi) is 5.39. The highest BCUT2D eigenvalue weighted by atomic mass is 16.3. The number of urea groups is 1. The molecule has 1 rings (SSSR count). The van der Waals surface area contributed by atoms with E-state index in [-0.39, 0.29) is 18.0 Å². The molecule has 112 valence electrons. The third-order valence-electron chi connectivity index (χ3n) is 3.09. The van der Waals surface area contributed by atoms with Gasteiger partial charge in [-0.2, -0.15) is 0 Å². The molecule has 1 aromatic rings. The first-order valence-electron chi connectivity index (χ1n) is 6.71. The maximum absolute atomic E-state index is 11.9. The third kappa shape index (κ3) is 4.74. The van der Waals surface area contributed by atoms with Crippen LogP contribution in [0.2, 0.25) is 0 Å². The molecule has 0 saturated carbocycles. The van der Waals surface area contributed by atoms with Crippen LogP contribution in [0.4, 0.5) is 16.2 Å². The van der Waals surface area contributed by atoms with E-state index in [2.05, 4.69) is 10.6 Å². The van der Waals surface area contributed by atoms with E-state index in [0.29, 0.717) is 0 Å². The maximum Gasteiger partial charge on any atom is 0.319 e. The first kappa shape index (κ1) is 16.3. The Balaban J connectivity index is 2.60. The molecule has 0 fully saturated rings. The summed E-state index contributed by atoms with van der Waals surface area (Å²) in [6, 6.07) is 7.24. The van der Waals surface area contributed by atoms with Crippen LogP contribution in [0.1, 0.15) is 20.8 Å². The molecule has 0 saturated heterocycles. The summed E-state index contributed by atoms with van der Waals surface area (Å²) in [7, 11) is 3.84. The van der Waals surface area contributed by atoms with Crippen LogP contribution >= 0.6 is 0 Å². The van der Waals surface area contributed by atoms with Gasteiger partial charge in [0.25, 0.3) is 0 Å². The molecule has 1 aromatic carbocycles. The van der Waals surface area contributed by atoms with E-state index in [9.17, 15) is 9.90 Å². The molecule has 5 nitrogen and oxygen atoms in total. The molecule has 3 N–H and O–H groups in total. The van der Waals surface area contributed by atoms with E-state index in [1.54, 1.807) is 0 Å². The zero-order valence-electron chi connectivity index (χ0n) is 12.9. The minimum Gasteiger partial charge on any atom is -0.391 e. The van der Waals surface area contributed by atoms with Crippen molar-refractivity contribution < 1.29 is 9.90 Å². The van der Waals surface area contributed by atoms with Crippen LogP contribution in [0.5, 0.6) is 0 Å². The predicted molar refractivity (Wildman–Crippen MR) is 83.3 cm³/mol. The summed E-state index contributed by atoms with van der Waals surface area (Å²) in [4.78, 5) is 13.8. The summed E-state index contributed by atoms with van der Waals surface area (Å²) in [6.07, 6.45) is -0.586. The van der Waals surface area contributed by atoms with E-state index in [4.69, 9.17) is 0 Å². The van der Waals surface area contributed by atoms with E-state index in [1.807, 2.05) is 64.0 Å². The van der Waals surface area contributed by atoms with E-state index in [0.717, 1.165) is 11.4 Å². The number of aliphatic hydroxyl groups excluding tert-OH is 1. The number of amides is 2. The van der Waals surface area contributed by atoms with Crippen LogP contribution < -0.4 is 15.5 Å². The van der Waals surface area contributed by atoms with Gasteiger partial charge in [0.05, 0.1) is 17.5 Å². The lowest BCUT2D eigenvalue weighted by Gasteiger charge is -2.26. The lowest BCUT2D eigenvalue weighted by molar-refractivity contribution is 0.0654. The van der Waals surface area contributed by atoms with Crippen molar-refractivity contribution >= 4 is 17.4 Å². The minimum absolute atomic E-state index is 0.222. The fourth-order valence-electron chi connectivity index (χ4n) is 1.63. The lowest BCUT2D eigenvalue weighted by atomic mass is 9.89. The Hall–Kier alpha value is -1.75. The van der Waals surface area contributed by atoms with E-state index >= 15 is 0 Å². The maximum atomic E-state index is 11.9. The third-order valence-corrected chi connectivity index (χ3v) is 3.09. The normalized spacial score (nSPS) is 12.7. The summed E-state index contributed by atoms with van der Waals surface area (Å²) < 4.78 is 0. The molecule has 0 aliphatic heterocycles. The molecule has 1 atom stereocenters. The van der Waals surface area contributed by atoms with Gasteiger partial charge in [0, 0.05) is 20.6 Å². The molecular weight excluding hydrogens is 254 g/mol. The van der Waals surface area contributed by atoms with Gasteiger partial charge in [0.15, 0.2) is 0 Å². The van der Waals surface area contributed by atoms with Gasteiger partial charge < -0.3 is 20.6 Å². The van der Waals surface area contributed by atoms with Gasteiger partial charge in [-0.05, 0) is 17.5 Å². The quantitative estimate of drug-likeness (QED) is 0.792. The van der Waals surface area contributed by atoms with Gasteiger partial charge in [-0.15, -0.1) is 0 Å². The fraction of sp³-hybridized carbons (Fsp3) is 0.533. The standard InChI is InChI=1S/C15H25N3O2/c1-15(2,3)13(19)10-16-14(20)17-11-8-6-7-9-12(11)18(4)5/h6-9,13,19H,10H2,1-5H3,(H2,16,17,20). The van der Waals surface area contributed by atoms with E-state index < -0.39 is 6.10 Å². The summed E-state index contributed by atoms with van der Waals surface area (Å²) in [5.74, 6) is 0. The Morgan fingerprint density at radius 3 is 2.45 bits per heavy atom. The van der Waals surface area contributed by atoms with Crippen LogP contribution in [0.25, 0.3) is 0 Å². The van der Waals surface area contributed by atoms with Crippen molar-refractivity contribution in [1.29, 1.82) is 0 Å². The molecule has 0 aliphatic rings. The van der Waals surface area contributed by atoms with Crippen LogP contribution in [-0.4, -0.2) is 37.9 Å². The van der Waals surface area contributed by atoms with Gasteiger partial charge in [-0.3, -0.25) is 0 Å². The molecule has 5 heteroatoms. The zero-order valence-corrected chi connectivity index (χ0v) is 12.9. The van der Waals surface area contributed by atoms with Crippen molar-refractivity contribution in [3.8, 4) is 0 Å². The molecule has 0 aromatic heterocycles. The van der Waals surface area contributed by atoms with Crippen molar-refractivity contribution in [3.05, 3.63) is 24.3 Å². The molecule has 2 amide bonds. The van der Waals surface area contributed by atoms with Crippen molar-refractivity contribution in [2.75, 3.05) is 30.9 Å². The number of hydrogen-bond acceptors (Lipinski definition) is 3. The number of anilines is 2. The molecule has 0 bridgehead atoms. The van der Waals surface area contributed by atoms with Gasteiger partial charge >= 0.3 is 6.03 Å². The molecular formula is C15H25N3O2. The van der Waals surface area contributed by atoms with Crippen molar-refractivity contribution in [2.24, 2.45) is 5.41 Å². The van der Waals surface area contributed by atoms with Gasteiger partial charge in [0.2, 0.25) is 0 Å². The molecule has 1 unspecified atom stereocenters. The van der Waals surface area contributed by atoms with Crippen LogP contribution in [0, 0.1) is 5.41 Å². The highest BCUT2D eigenvalue weighted by Gasteiger charge is 2.22. The van der Waals surface area contributed by atoms with Gasteiger partial charge in [-0.1, -0.05) is 32.9 Å². The average Bonchev–Trinajstić information content (AvgIpc) is 2.35. The van der Waals surface area contributed by atoms with Gasteiger partial charge in [0.1, 0.15) is 0 Å². The monoisotopic (exact) mass is 279 g/mol. The van der Waals surface area contributed by atoms with Crippen molar-refractivity contribution in [2.45, 2.75) is 26.9 Å². The first-order valence-corrected chi connectivity index (χ1v) is 6.71. The second kappa shape index (κ2) is 6.61. The second-order valence-electron chi connectivity index (χ2n) is 6.13. The predicted octanol–water partition coefficient (Wildman–Crippen LogP) is 2.28. The summed E-state index contributed by atoms with van der Waals surface area (Å²) >= 11 is 0. The summed E-state index contributed by atoms with van der Waals surface area (Å²) in [5.41, 5.74) is 1.41. The van der Waals surface area contributed by atoms with Crippen LogP contribution in [0.3, 0.4) is 0 Å². The average molecular weight is 279 g/mol. The Morgan fingerprint density at radius 1 is 1.30 bits per heavy atom. The highest BCUT2D eigenvalue weighted by molar-refractivity contribution is 5.93. The lowest BCUT2D eigenvalue weighted by Crippen LogP contribution is -2.41. The Bertz CT molecular complexity index is 453. The summed E-state index contributed by atoms with van der Waals surface area (Å²) in [5, 5.41) is 15.4. The number of nitrogens with one attached hydrogen (secondary N) is 2. The number of para-hydroxylation sites is 2. The van der Waals surface area contributed by atoms with Crippen molar-refractivity contribution in [1.82, 2.24) is 5.32 Å². The molecule has 0 spiro atoms. The Labute approximate surface area is 121 Å². The van der Waals surface area contributed by atoms with Crippen LogP contribution in [-0.2, 0) is 0 Å². The fourth-order valence-corrected chi connectivity index (χ4v) is 1.63. The number of rotatable bonds is 4. The largest absolute Gasteiger partial charge is 0.391 e. The number of carbonyl (C=O) groups is 1. The van der Waals surface area contributed by atoms with E-state index in [1.165, 1.54) is 0 Å². The van der Waals surface area contributed by atoms with Gasteiger partial charge in [-0.25, -0.2) is 4.79 Å². The number of aliphatic hydroxyl groups is 1. The number of carbonyl (C=O) groups excluding carboxylic acids is 1. The smallest absolute Gasteiger partial charge is 0.319 e. The molecule has 0 aliphatic carbocycles. The second-order valence-corrected chi connectivity index (χ2v) is 6.13. The van der Waals surface area contributed by atoms with Crippen molar-refractivity contribution in [3.63, 3.8) is 0 Å². The first-order chi connectivity index (χ1) is 9.21. The zero-order chi connectivity index (χ0) is 15.3. The number of benzene rings is 1. The number of nitrogens with zero attached hydrogens (tertiary/aromatic N) is 1. The number of hydrogen-bond donors (Lipinski definition) is 3. The topological polar surface area (TPSA) is 64.6 Å². The van der Waals surface area contributed by atoms with Crippen LogP contribution in [0.15, 0.2) is 24.3 Å². The SMILES string of the molecule is CN(C)c1ccccc1NC(=O)NCC(O)C(C)(C)C. The summed E-state index contributed by atoms with van der Waals surface area (Å²) in [6.45, 7) is 6.01. The highest BCUT2D eigenvalue weighted by Crippen LogP contribution is 2.23. The minimum atomic E-state index is -0.586. The molecule has 0 radical (unpaired) electrons. The Morgan fingerprint density at radius 2 is 1.90 bits per heavy atom. The molecule has 0 heterocycles. The molecule has 20 heavy (non-hydrogen) atoms.